The molecule has 0 aliphatic heterocycles. The maximum atomic E-state index is 13.6. The minimum absolute atomic E-state index is 0.120. The summed E-state index contributed by atoms with van der Waals surface area (Å²) >= 11 is 0. The largest absolute Gasteiger partial charge is 0.494 e. The Kier molecular flexibility index (Phi) is 6.73. The van der Waals surface area contributed by atoms with E-state index >= 15 is 0 Å². The van der Waals surface area contributed by atoms with E-state index in [1.54, 1.807) is 30.3 Å². The van der Waals surface area contributed by atoms with E-state index in [1.165, 1.54) is 31.4 Å². The van der Waals surface area contributed by atoms with Gasteiger partial charge in [0.05, 0.1) is 13.7 Å². The molecule has 2 rings (SSSR count). The molecule has 0 heterocycles. The smallest absolute Gasteiger partial charge is 0.269 e. The van der Waals surface area contributed by atoms with E-state index in [1.807, 2.05) is 6.92 Å². The van der Waals surface area contributed by atoms with Gasteiger partial charge in [-0.3, -0.25) is 20.4 Å². The van der Waals surface area contributed by atoms with Crippen LogP contribution in [0.15, 0.2) is 48.5 Å². The van der Waals surface area contributed by atoms with Gasteiger partial charge in [-0.1, -0.05) is 6.07 Å². The highest BCUT2D eigenvalue weighted by Crippen LogP contribution is 2.18. The molecule has 2 N–H and O–H groups in total. The third kappa shape index (κ3) is 5.34. The first-order valence-electron chi connectivity index (χ1n) is 7.88. The van der Waals surface area contributed by atoms with Gasteiger partial charge in [0, 0.05) is 11.6 Å². The first-order valence-corrected chi connectivity index (χ1v) is 7.88. The van der Waals surface area contributed by atoms with E-state index in [4.69, 9.17) is 9.47 Å². The number of benzene rings is 2. The van der Waals surface area contributed by atoms with E-state index in [9.17, 15) is 14.0 Å². The first-order chi connectivity index (χ1) is 12.5. The molecule has 6 nitrogen and oxygen atoms in total. The van der Waals surface area contributed by atoms with Gasteiger partial charge in [-0.15, -0.1) is 0 Å². The Morgan fingerprint density at radius 3 is 2.46 bits per heavy atom. The number of hydrogen-bond acceptors (Lipinski definition) is 4. The maximum absolute atomic E-state index is 13.6. The van der Waals surface area contributed by atoms with E-state index in [2.05, 4.69) is 10.9 Å². The second-order valence-corrected chi connectivity index (χ2v) is 5.13. The van der Waals surface area contributed by atoms with Crippen LogP contribution < -0.4 is 20.3 Å². The highest BCUT2D eigenvalue weighted by atomic mass is 19.1. The van der Waals surface area contributed by atoms with Crippen LogP contribution in [0.25, 0.3) is 6.08 Å². The molecular formula is C19H19FN2O4. The molecule has 0 saturated carbocycles. The van der Waals surface area contributed by atoms with Crippen molar-refractivity contribution in [2.75, 3.05) is 13.7 Å². The first kappa shape index (κ1) is 19.0. The van der Waals surface area contributed by atoms with Crippen LogP contribution in [0.1, 0.15) is 22.8 Å². The number of ether oxygens (including phenoxy) is 2. The third-order valence-electron chi connectivity index (χ3n) is 3.33. The van der Waals surface area contributed by atoms with Crippen LogP contribution in [0.5, 0.6) is 11.5 Å². The Morgan fingerprint density at radius 2 is 1.85 bits per heavy atom. The van der Waals surface area contributed by atoms with E-state index in [0.717, 1.165) is 0 Å². The lowest BCUT2D eigenvalue weighted by atomic mass is 10.2. The molecule has 0 bridgehead atoms. The lowest BCUT2D eigenvalue weighted by Crippen LogP contribution is -2.40. The van der Waals surface area contributed by atoms with Crippen LogP contribution in [0.2, 0.25) is 0 Å². The van der Waals surface area contributed by atoms with Crippen molar-refractivity contribution in [3.8, 4) is 11.5 Å². The molecule has 0 spiro atoms. The number of methoxy groups -OCH3 is 1. The normalized spacial score (nSPS) is 10.4. The summed E-state index contributed by atoms with van der Waals surface area (Å²) in [6, 6.07) is 10.8. The van der Waals surface area contributed by atoms with Crippen LogP contribution in [0.4, 0.5) is 4.39 Å². The van der Waals surface area contributed by atoms with Crippen LogP contribution in [0, 0.1) is 5.82 Å². The zero-order valence-electron chi connectivity index (χ0n) is 14.4. The molecule has 0 aromatic heterocycles. The third-order valence-corrected chi connectivity index (χ3v) is 3.33. The second kappa shape index (κ2) is 9.22. The van der Waals surface area contributed by atoms with Gasteiger partial charge in [-0.25, -0.2) is 4.39 Å². The Hall–Kier alpha value is -3.35. The van der Waals surface area contributed by atoms with Crippen molar-refractivity contribution >= 4 is 17.9 Å². The average molecular weight is 358 g/mol. The SMILES string of the molecule is CCOc1ccc(C(=O)NNC(=O)/C=C/c2ccc(OC)c(F)c2)cc1. The average Bonchev–Trinajstić information content (AvgIpc) is 2.65. The van der Waals surface area contributed by atoms with Crippen molar-refractivity contribution in [3.05, 3.63) is 65.5 Å². The Balaban J connectivity index is 1.87. The summed E-state index contributed by atoms with van der Waals surface area (Å²) in [4.78, 5) is 23.7. The summed E-state index contributed by atoms with van der Waals surface area (Å²) in [7, 11) is 1.37. The molecule has 0 aliphatic rings. The molecule has 2 amide bonds. The van der Waals surface area contributed by atoms with Gasteiger partial charge in [-0.2, -0.15) is 0 Å². The molecule has 2 aromatic rings. The van der Waals surface area contributed by atoms with Crippen LogP contribution >= 0.6 is 0 Å². The summed E-state index contributed by atoms with van der Waals surface area (Å²) in [6.07, 6.45) is 2.60. The number of carbonyl (C=O) groups excluding carboxylic acids is 2. The van der Waals surface area contributed by atoms with E-state index in [0.29, 0.717) is 23.5 Å². The van der Waals surface area contributed by atoms with Crippen LogP contribution in [-0.4, -0.2) is 25.5 Å². The quantitative estimate of drug-likeness (QED) is 0.615. The van der Waals surface area contributed by atoms with Gasteiger partial charge in [0.2, 0.25) is 0 Å². The van der Waals surface area contributed by atoms with Crippen LogP contribution in [-0.2, 0) is 4.79 Å². The van der Waals surface area contributed by atoms with Gasteiger partial charge in [0.1, 0.15) is 5.75 Å². The summed E-state index contributed by atoms with van der Waals surface area (Å²) in [5.74, 6) is -0.776. The van der Waals surface area contributed by atoms with E-state index < -0.39 is 17.6 Å². The number of halogens is 1. The number of rotatable bonds is 6. The molecule has 0 saturated heterocycles. The Bertz CT molecular complexity index is 804. The van der Waals surface area contributed by atoms with Gasteiger partial charge >= 0.3 is 0 Å². The fourth-order valence-corrected chi connectivity index (χ4v) is 2.06. The van der Waals surface area contributed by atoms with Gasteiger partial charge in [-0.05, 0) is 55.0 Å². The second-order valence-electron chi connectivity index (χ2n) is 5.13. The lowest BCUT2D eigenvalue weighted by molar-refractivity contribution is -0.117. The minimum Gasteiger partial charge on any atom is -0.494 e. The predicted molar refractivity (Wildman–Crippen MR) is 95.2 cm³/mol. The molecule has 136 valence electrons. The molecule has 7 heteroatoms. The molecule has 2 aromatic carbocycles. The fraction of sp³-hybridized carbons (Fsp3) is 0.158. The van der Waals surface area contributed by atoms with Crippen molar-refractivity contribution in [1.29, 1.82) is 0 Å². The monoisotopic (exact) mass is 358 g/mol. The number of carbonyl (C=O) groups is 2. The topological polar surface area (TPSA) is 76.7 Å². The van der Waals surface area contributed by atoms with Crippen molar-refractivity contribution in [1.82, 2.24) is 10.9 Å². The molecule has 0 fully saturated rings. The van der Waals surface area contributed by atoms with Crippen molar-refractivity contribution in [2.24, 2.45) is 0 Å². The highest BCUT2D eigenvalue weighted by Gasteiger charge is 2.06. The van der Waals surface area contributed by atoms with Gasteiger partial charge in [0.25, 0.3) is 11.8 Å². The maximum Gasteiger partial charge on any atom is 0.269 e. The van der Waals surface area contributed by atoms with Gasteiger partial charge < -0.3 is 9.47 Å². The number of nitrogens with one attached hydrogen (secondary N) is 2. The van der Waals surface area contributed by atoms with Crippen molar-refractivity contribution in [2.45, 2.75) is 6.92 Å². The Morgan fingerprint density at radius 1 is 1.12 bits per heavy atom. The molecule has 0 radical (unpaired) electrons. The molecular weight excluding hydrogens is 339 g/mol. The van der Waals surface area contributed by atoms with Crippen molar-refractivity contribution in [3.63, 3.8) is 0 Å². The standard InChI is InChI=1S/C19H19FN2O4/c1-3-26-15-8-6-14(7-9-15)19(24)22-21-18(23)11-5-13-4-10-17(25-2)16(20)12-13/h4-12H,3H2,1-2H3,(H,21,23)(H,22,24)/b11-5+. The fourth-order valence-electron chi connectivity index (χ4n) is 2.06. The minimum atomic E-state index is -0.555. The summed E-state index contributed by atoms with van der Waals surface area (Å²) in [5, 5.41) is 0. The van der Waals surface area contributed by atoms with Gasteiger partial charge in [0.15, 0.2) is 11.6 Å². The number of amides is 2. The summed E-state index contributed by atoms with van der Waals surface area (Å²) in [5.41, 5.74) is 5.40. The summed E-state index contributed by atoms with van der Waals surface area (Å²) in [6.45, 7) is 2.40. The summed E-state index contributed by atoms with van der Waals surface area (Å²) < 4.78 is 23.7. The highest BCUT2D eigenvalue weighted by molar-refractivity contribution is 5.97. The number of hydrogen-bond donors (Lipinski definition) is 2. The zero-order valence-corrected chi connectivity index (χ0v) is 14.4. The van der Waals surface area contributed by atoms with Crippen LogP contribution in [0.3, 0.4) is 0 Å². The predicted octanol–water partition coefficient (Wildman–Crippen LogP) is 2.71. The van der Waals surface area contributed by atoms with Crippen molar-refractivity contribution < 1.29 is 23.5 Å². The van der Waals surface area contributed by atoms with E-state index in [-0.39, 0.29) is 5.75 Å². The molecule has 26 heavy (non-hydrogen) atoms. The molecule has 0 atom stereocenters. The Labute approximate surface area is 150 Å². The zero-order chi connectivity index (χ0) is 18.9. The molecule has 0 unspecified atom stereocenters. The molecule has 0 aliphatic carbocycles. The lowest BCUT2D eigenvalue weighted by Gasteiger charge is -2.07. The number of hydrazine groups is 1.